The number of nitrogens with one attached hydrogen (secondary N) is 1. The molecule has 1 aromatic carbocycles. The summed E-state index contributed by atoms with van der Waals surface area (Å²) < 4.78 is 1.14. The Morgan fingerprint density at radius 3 is 3.00 bits per heavy atom. The van der Waals surface area contributed by atoms with Gasteiger partial charge in [-0.2, -0.15) is 0 Å². The van der Waals surface area contributed by atoms with Crippen molar-refractivity contribution >= 4 is 27.5 Å². The first-order chi connectivity index (χ1) is 6.77. The first-order valence-electron chi connectivity index (χ1n) is 4.91. The fourth-order valence-corrected chi connectivity index (χ4v) is 2.80. The van der Waals surface area contributed by atoms with Gasteiger partial charge in [0.05, 0.1) is 0 Å². The van der Waals surface area contributed by atoms with E-state index in [1.165, 1.54) is 12.0 Å². The van der Waals surface area contributed by atoms with Crippen molar-refractivity contribution in [1.29, 1.82) is 0 Å². The summed E-state index contributed by atoms with van der Waals surface area (Å²) in [6, 6.07) is 6.00. The van der Waals surface area contributed by atoms with Gasteiger partial charge in [0.25, 0.3) is 0 Å². The molecule has 3 heteroatoms. The Bertz CT molecular complexity index is 301. The molecule has 0 aromatic heterocycles. The molecular weight excluding hydrogens is 261 g/mol. The summed E-state index contributed by atoms with van der Waals surface area (Å²) >= 11 is 9.71. The minimum atomic E-state index is 0.742. The highest BCUT2D eigenvalue weighted by Crippen LogP contribution is 2.28. The van der Waals surface area contributed by atoms with Crippen LogP contribution in [0.2, 0.25) is 5.02 Å². The molecule has 1 unspecified atom stereocenters. The van der Waals surface area contributed by atoms with E-state index in [4.69, 9.17) is 11.6 Å². The lowest BCUT2D eigenvalue weighted by molar-refractivity contribution is 0.579. The van der Waals surface area contributed by atoms with Crippen LogP contribution in [0.4, 0.5) is 0 Å². The van der Waals surface area contributed by atoms with Crippen molar-refractivity contribution in [2.45, 2.75) is 12.8 Å². The van der Waals surface area contributed by atoms with Crippen LogP contribution in [0.15, 0.2) is 22.7 Å². The third-order valence-electron chi connectivity index (χ3n) is 2.72. The van der Waals surface area contributed by atoms with E-state index in [1.807, 2.05) is 12.1 Å². The highest BCUT2D eigenvalue weighted by atomic mass is 79.9. The topological polar surface area (TPSA) is 12.0 Å². The molecule has 0 aliphatic carbocycles. The van der Waals surface area contributed by atoms with Crippen molar-refractivity contribution in [2.75, 3.05) is 13.1 Å². The maximum absolute atomic E-state index is 6.16. The van der Waals surface area contributed by atoms with Gasteiger partial charge in [0, 0.05) is 9.50 Å². The standard InChI is InChI=1S/C11H13BrClN/c12-10-2-1-3-11(13)9(10)6-8-4-5-14-7-8/h1-3,8,14H,4-7H2. The van der Waals surface area contributed by atoms with Crippen LogP contribution in [0.25, 0.3) is 0 Å². The fraction of sp³-hybridized carbons (Fsp3) is 0.455. The molecule has 0 bridgehead atoms. The van der Waals surface area contributed by atoms with Gasteiger partial charge in [-0.25, -0.2) is 0 Å². The monoisotopic (exact) mass is 273 g/mol. The number of halogens is 2. The molecule has 0 radical (unpaired) electrons. The SMILES string of the molecule is Clc1cccc(Br)c1CC1CCNC1. The van der Waals surface area contributed by atoms with Crippen LogP contribution >= 0.6 is 27.5 Å². The number of benzene rings is 1. The van der Waals surface area contributed by atoms with Gasteiger partial charge in [0.15, 0.2) is 0 Å². The van der Waals surface area contributed by atoms with Gasteiger partial charge >= 0.3 is 0 Å². The second-order valence-corrected chi connectivity index (χ2v) is 5.02. The van der Waals surface area contributed by atoms with Crippen molar-refractivity contribution < 1.29 is 0 Å². The minimum absolute atomic E-state index is 0.742. The Morgan fingerprint density at radius 2 is 2.36 bits per heavy atom. The lowest BCUT2D eigenvalue weighted by atomic mass is 9.99. The van der Waals surface area contributed by atoms with E-state index in [0.29, 0.717) is 0 Å². The van der Waals surface area contributed by atoms with Gasteiger partial charge < -0.3 is 5.32 Å². The van der Waals surface area contributed by atoms with Crippen LogP contribution in [-0.2, 0) is 6.42 Å². The summed E-state index contributed by atoms with van der Waals surface area (Å²) in [7, 11) is 0. The average molecular weight is 275 g/mol. The second-order valence-electron chi connectivity index (χ2n) is 3.76. The smallest absolute Gasteiger partial charge is 0.0449 e. The first-order valence-corrected chi connectivity index (χ1v) is 6.08. The molecule has 1 nitrogen and oxygen atoms in total. The lowest BCUT2D eigenvalue weighted by Crippen LogP contribution is -2.11. The molecule has 14 heavy (non-hydrogen) atoms. The van der Waals surface area contributed by atoms with Crippen molar-refractivity contribution in [3.8, 4) is 0 Å². The van der Waals surface area contributed by atoms with Gasteiger partial charge in [-0.1, -0.05) is 33.6 Å². The fourth-order valence-electron chi connectivity index (χ4n) is 1.90. The Labute approximate surface area is 98.0 Å². The summed E-state index contributed by atoms with van der Waals surface area (Å²) in [6.45, 7) is 2.27. The first kappa shape index (κ1) is 10.5. The van der Waals surface area contributed by atoms with Crippen LogP contribution in [-0.4, -0.2) is 13.1 Å². The molecule has 1 aromatic rings. The molecular formula is C11H13BrClN. The van der Waals surface area contributed by atoms with Gasteiger partial charge in [0.1, 0.15) is 0 Å². The van der Waals surface area contributed by atoms with Crippen LogP contribution in [0.5, 0.6) is 0 Å². The molecule has 1 N–H and O–H groups in total. The van der Waals surface area contributed by atoms with Gasteiger partial charge in [-0.05, 0) is 49.5 Å². The Morgan fingerprint density at radius 1 is 1.50 bits per heavy atom. The zero-order valence-electron chi connectivity index (χ0n) is 7.89. The highest BCUT2D eigenvalue weighted by molar-refractivity contribution is 9.10. The molecule has 1 aliphatic rings. The quantitative estimate of drug-likeness (QED) is 0.873. The van der Waals surface area contributed by atoms with Crippen LogP contribution in [0.3, 0.4) is 0 Å². The molecule has 1 aliphatic heterocycles. The second kappa shape index (κ2) is 4.65. The summed E-state index contributed by atoms with van der Waals surface area (Å²) in [5.41, 5.74) is 1.25. The molecule has 76 valence electrons. The van der Waals surface area contributed by atoms with Crippen molar-refractivity contribution in [3.63, 3.8) is 0 Å². The molecule has 1 atom stereocenters. The highest BCUT2D eigenvalue weighted by Gasteiger charge is 2.17. The summed E-state index contributed by atoms with van der Waals surface area (Å²) in [4.78, 5) is 0. The van der Waals surface area contributed by atoms with E-state index in [2.05, 4.69) is 27.3 Å². The summed E-state index contributed by atoms with van der Waals surface area (Å²) in [5, 5.41) is 4.25. The van der Waals surface area contributed by atoms with Gasteiger partial charge in [-0.3, -0.25) is 0 Å². The van der Waals surface area contributed by atoms with Gasteiger partial charge in [0.2, 0.25) is 0 Å². The molecule has 0 spiro atoms. The third-order valence-corrected chi connectivity index (χ3v) is 3.81. The Balaban J connectivity index is 2.14. The van der Waals surface area contributed by atoms with Crippen LogP contribution < -0.4 is 5.32 Å². The normalized spacial score (nSPS) is 21.4. The van der Waals surface area contributed by atoms with Crippen molar-refractivity contribution in [1.82, 2.24) is 5.32 Å². The van der Waals surface area contributed by atoms with E-state index in [1.54, 1.807) is 0 Å². The predicted molar refractivity (Wildman–Crippen MR) is 63.8 cm³/mol. The maximum Gasteiger partial charge on any atom is 0.0449 e. The third kappa shape index (κ3) is 2.30. The molecule has 1 fully saturated rings. The zero-order chi connectivity index (χ0) is 9.97. The lowest BCUT2D eigenvalue weighted by Gasteiger charge is -2.11. The van der Waals surface area contributed by atoms with E-state index < -0.39 is 0 Å². The van der Waals surface area contributed by atoms with Crippen LogP contribution in [0, 0.1) is 5.92 Å². The summed E-state index contributed by atoms with van der Waals surface area (Å²) in [6.07, 6.45) is 2.34. The molecule has 1 heterocycles. The van der Waals surface area contributed by atoms with E-state index in [0.717, 1.165) is 34.9 Å². The van der Waals surface area contributed by atoms with Crippen molar-refractivity contribution in [3.05, 3.63) is 33.3 Å². The maximum atomic E-state index is 6.16. The Hall–Kier alpha value is -0.0500. The minimum Gasteiger partial charge on any atom is -0.316 e. The van der Waals surface area contributed by atoms with E-state index in [-0.39, 0.29) is 0 Å². The van der Waals surface area contributed by atoms with Crippen LogP contribution in [0.1, 0.15) is 12.0 Å². The largest absolute Gasteiger partial charge is 0.316 e. The summed E-state index contributed by atoms with van der Waals surface area (Å²) in [5.74, 6) is 0.742. The van der Waals surface area contributed by atoms with E-state index >= 15 is 0 Å². The number of hydrogen-bond donors (Lipinski definition) is 1. The molecule has 2 rings (SSSR count). The molecule has 1 saturated heterocycles. The Kier molecular flexibility index (Phi) is 3.47. The van der Waals surface area contributed by atoms with Gasteiger partial charge in [-0.15, -0.1) is 0 Å². The average Bonchev–Trinajstić information content (AvgIpc) is 2.64. The molecule has 0 saturated carbocycles. The molecule has 0 amide bonds. The van der Waals surface area contributed by atoms with E-state index in [9.17, 15) is 0 Å². The van der Waals surface area contributed by atoms with Crippen molar-refractivity contribution in [2.24, 2.45) is 5.92 Å². The predicted octanol–water partition coefficient (Wildman–Crippen LogP) is 3.25. The zero-order valence-corrected chi connectivity index (χ0v) is 10.2. The number of hydrogen-bond acceptors (Lipinski definition) is 1. The number of rotatable bonds is 2.